The second kappa shape index (κ2) is 12.3. The van der Waals surface area contributed by atoms with Crippen molar-refractivity contribution in [2.45, 2.75) is 52.7 Å². The van der Waals surface area contributed by atoms with Crippen molar-refractivity contribution in [1.29, 1.82) is 0 Å². The molecule has 11 heteroatoms. The van der Waals surface area contributed by atoms with Gasteiger partial charge in [-0.05, 0) is 25.6 Å². The minimum absolute atomic E-state index is 0.389. The van der Waals surface area contributed by atoms with Gasteiger partial charge in [-0.15, -0.1) is 0 Å². The van der Waals surface area contributed by atoms with Crippen LogP contribution in [0.25, 0.3) is 0 Å². The Bertz CT molecular complexity index is 612. The topological polar surface area (TPSA) is 142 Å². The van der Waals surface area contributed by atoms with Crippen molar-refractivity contribution in [2.24, 2.45) is 17.8 Å². The average Bonchev–Trinajstić information content (AvgIpc) is 2.58. The van der Waals surface area contributed by atoms with Gasteiger partial charge in [0.15, 0.2) is 0 Å². The highest BCUT2D eigenvalue weighted by Gasteiger charge is 2.40. The van der Waals surface area contributed by atoms with E-state index in [1.807, 2.05) is 0 Å². The van der Waals surface area contributed by atoms with Crippen LogP contribution in [0.5, 0.6) is 0 Å². The lowest BCUT2D eigenvalue weighted by molar-refractivity contribution is -0.171. The molecule has 1 atom stereocenters. The van der Waals surface area contributed by atoms with E-state index in [4.69, 9.17) is 18.9 Å². The van der Waals surface area contributed by atoms with Crippen LogP contribution in [0.3, 0.4) is 0 Å². The van der Waals surface area contributed by atoms with Crippen molar-refractivity contribution >= 4 is 40.9 Å². The number of hydrogen-bond donors (Lipinski definition) is 1. The number of hydrogen-bond acceptors (Lipinski definition) is 10. The third-order valence-electron chi connectivity index (χ3n) is 3.60. The van der Waals surface area contributed by atoms with E-state index >= 15 is 0 Å². The van der Waals surface area contributed by atoms with E-state index in [1.165, 1.54) is 13.8 Å². The Labute approximate surface area is 173 Å². The summed E-state index contributed by atoms with van der Waals surface area (Å²) in [4.78, 5) is 58.0. The molecule has 0 unspecified atom stereocenters. The Morgan fingerprint density at radius 2 is 1.28 bits per heavy atom. The predicted molar refractivity (Wildman–Crippen MR) is 102 cm³/mol. The minimum Gasteiger partial charge on any atom is -0.481 e. The van der Waals surface area contributed by atoms with Gasteiger partial charge in [-0.25, -0.2) is 4.79 Å². The number of esters is 3. The summed E-state index contributed by atoms with van der Waals surface area (Å²) >= 11 is 0.547. The van der Waals surface area contributed by atoms with Gasteiger partial charge in [0.2, 0.25) is 13.6 Å². The summed E-state index contributed by atoms with van der Waals surface area (Å²) in [6, 6.07) is 0. The molecule has 0 fully saturated rings. The number of thioether (sulfide) groups is 1. The molecule has 0 aromatic heterocycles. The largest absolute Gasteiger partial charge is 0.481 e. The molecule has 0 radical (unpaired) electrons. The Morgan fingerprint density at radius 1 is 0.828 bits per heavy atom. The van der Waals surface area contributed by atoms with E-state index in [9.17, 15) is 29.1 Å². The number of ether oxygens (including phenoxy) is 4. The van der Waals surface area contributed by atoms with Crippen LogP contribution in [0.1, 0.15) is 48.0 Å². The van der Waals surface area contributed by atoms with Gasteiger partial charge in [-0.2, -0.15) is 0 Å². The first-order chi connectivity index (χ1) is 13.3. The summed E-state index contributed by atoms with van der Waals surface area (Å²) < 4.78 is 17.6. The third kappa shape index (κ3) is 10.7. The molecule has 0 aromatic rings. The number of carbonyl (C=O) groups is 5. The molecular formula is C18H28O10S. The van der Waals surface area contributed by atoms with E-state index in [-0.39, 0.29) is 5.92 Å². The van der Waals surface area contributed by atoms with Gasteiger partial charge in [0.05, 0.1) is 24.2 Å². The molecule has 0 rings (SSSR count). The van der Waals surface area contributed by atoms with Crippen LogP contribution in [-0.4, -0.2) is 52.6 Å². The monoisotopic (exact) mass is 436 g/mol. The Balaban J connectivity index is 4.68. The maximum Gasteiger partial charge on any atom is 0.370 e. The van der Waals surface area contributed by atoms with Crippen molar-refractivity contribution in [2.75, 3.05) is 13.6 Å². The molecule has 0 spiro atoms. The zero-order chi connectivity index (χ0) is 22.8. The summed E-state index contributed by atoms with van der Waals surface area (Å²) in [5, 5.41) is 8.58. The molecule has 0 aromatic carbocycles. The first kappa shape index (κ1) is 26.7. The van der Waals surface area contributed by atoms with Crippen molar-refractivity contribution in [3.63, 3.8) is 0 Å². The van der Waals surface area contributed by atoms with Crippen LogP contribution >= 0.6 is 11.8 Å². The first-order valence-electron chi connectivity index (χ1n) is 8.85. The smallest absolute Gasteiger partial charge is 0.370 e. The van der Waals surface area contributed by atoms with Gasteiger partial charge in [-0.1, -0.05) is 27.7 Å². The summed E-state index contributed by atoms with van der Waals surface area (Å²) in [5.41, 5.74) is 0. The van der Waals surface area contributed by atoms with Crippen molar-refractivity contribution < 1.29 is 48.0 Å². The fraction of sp³-hybridized carbons (Fsp3) is 0.722. The maximum absolute atomic E-state index is 11.9. The quantitative estimate of drug-likeness (QED) is 0.377. The highest BCUT2D eigenvalue weighted by molar-refractivity contribution is 8.14. The van der Waals surface area contributed by atoms with Crippen LogP contribution in [0.15, 0.2) is 0 Å². The van der Waals surface area contributed by atoms with Crippen molar-refractivity contribution in [3.8, 4) is 0 Å². The Morgan fingerprint density at radius 3 is 1.69 bits per heavy atom. The second-order valence-electron chi connectivity index (χ2n) is 7.18. The Kier molecular flexibility index (Phi) is 11.3. The van der Waals surface area contributed by atoms with Gasteiger partial charge >= 0.3 is 29.2 Å². The van der Waals surface area contributed by atoms with Gasteiger partial charge in [0.25, 0.3) is 0 Å². The molecule has 10 nitrogen and oxygen atoms in total. The van der Waals surface area contributed by atoms with Gasteiger partial charge in [0.1, 0.15) is 0 Å². The molecule has 1 N–H and O–H groups in total. The van der Waals surface area contributed by atoms with Gasteiger partial charge < -0.3 is 24.1 Å². The van der Waals surface area contributed by atoms with E-state index in [0.717, 1.165) is 0 Å². The summed E-state index contributed by atoms with van der Waals surface area (Å²) in [6.07, 6.45) is -0.551. The van der Waals surface area contributed by atoms with E-state index in [1.54, 1.807) is 27.7 Å². The number of rotatable bonds is 11. The molecule has 166 valence electrons. The van der Waals surface area contributed by atoms with Crippen molar-refractivity contribution in [1.82, 2.24) is 0 Å². The fourth-order valence-corrected chi connectivity index (χ4v) is 2.66. The van der Waals surface area contributed by atoms with E-state index < -0.39 is 65.8 Å². The SMILES string of the molecule is CC(C)C(=O)OCOC(=O)C[C@@H](C(=O)O)C(C)(C)SC(=O)OCOC(=O)C(C)C. The maximum atomic E-state index is 11.9. The standard InChI is InChI=1S/C18H28O10S/c1-10(2)15(22)26-8-25-13(19)7-12(14(20)21)18(5,6)29-17(24)28-9-27-16(23)11(3)4/h10-12H,7-9H2,1-6H3,(H,20,21)/t12-/m0/s1. The summed E-state index contributed by atoms with van der Waals surface area (Å²) in [6.45, 7) is 8.11. The highest BCUT2D eigenvalue weighted by atomic mass is 32.2. The van der Waals surface area contributed by atoms with Gasteiger partial charge in [0, 0.05) is 4.75 Å². The van der Waals surface area contributed by atoms with Crippen LogP contribution in [0.2, 0.25) is 0 Å². The zero-order valence-electron chi connectivity index (χ0n) is 17.4. The molecule has 0 aliphatic heterocycles. The molecule has 0 amide bonds. The second-order valence-corrected chi connectivity index (χ2v) is 8.77. The van der Waals surface area contributed by atoms with E-state index in [2.05, 4.69) is 0 Å². The predicted octanol–water partition coefficient (Wildman–Crippen LogP) is 2.58. The van der Waals surface area contributed by atoms with Gasteiger partial charge in [-0.3, -0.25) is 19.2 Å². The summed E-state index contributed by atoms with van der Waals surface area (Å²) in [7, 11) is 0. The molecule has 0 saturated heterocycles. The lowest BCUT2D eigenvalue weighted by Gasteiger charge is -2.28. The highest BCUT2D eigenvalue weighted by Crippen LogP contribution is 2.36. The zero-order valence-corrected chi connectivity index (χ0v) is 18.2. The molecule has 0 heterocycles. The third-order valence-corrected chi connectivity index (χ3v) is 4.69. The minimum atomic E-state index is -1.32. The molecule has 0 aliphatic rings. The van der Waals surface area contributed by atoms with Crippen LogP contribution in [0.4, 0.5) is 4.79 Å². The molecule has 0 bridgehead atoms. The Hall–Kier alpha value is -2.30. The lowest BCUT2D eigenvalue weighted by atomic mass is 9.92. The summed E-state index contributed by atoms with van der Waals surface area (Å²) in [5.74, 6) is -5.43. The van der Waals surface area contributed by atoms with E-state index in [0.29, 0.717) is 11.8 Å². The number of carbonyl (C=O) groups excluding carboxylic acids is 4. The number of aliphatic carboxylic acids is 1. The fourth-order valence-electron chi connectivity index (χ4n) is 1.79. The number of carboxylic acid groups (broad SMARTS) is 1. The van der Waals surface area contributed by atoms with Crippen LogP contribution in [0, 0.1) is 17.8 Å². The first-order valence-corrected chi connectivity index (χ1v) is 9.67. The van der Waals surface area contributed by atoms with Crippen molar-refractivity contribution in [3.05, 3.63) is 0 Å². The average molecular weight is 436 g/mol. The lowest BCUT2D eigenvalue weighted by Crippen LogP contribution is -2.37. The normalized spacial score (nSPS) is 12.3. The molecule has 29 heavy (non-hydrogen) atoms. The molecule has 0 aliphatic carbocycles. The molecule has 0 saturated carbocycles. The molecular weight excluding hydrogens is 408 g/mol. The van der Waals surface area contributed by atoms with Crippen LogP contribution < -0.4 is 0 Å². The van der Waals surface area contributed by atoms with Crippen LogP contribution in [-0.2, 0) is 38.1 Å². The number of carboxylic acids is 1.